The second-order valence-electron chi connectivity index (χ2n) is 4.72. The van der Waals surface area contributed by atoms with Crippen LogP contribution in [0.5, 0.6) is 0 Å². The minimum Gasteiger partial charge on any atom is -0.341 e. The van der Waals surface area contributed by atoms with Crippen LogP contribution in [0.15, 0.2) is 30.3 Å². The molecule has 0 radical (unpaired) electrons. The fourth-order valence-electron chi connectivity index (χ4n) is 2.16. The van der Waals surface area contributed by atoms with Crippen LogP contribution in [-0.2, 0) is 4.79 Å². The minimum atomic E-state index is -0.498. The number of nitrogens with zero attached hydrogens (tertiary/aromatic N) is 1. The number of rotatable bonds is 3. The average molecular weight is 261 g/mol. The third-order valence-corrected chi connectivity index (χ3v) is 3.17. The maximum Gasteiger partial charge on any atom is 0.319 e. The lowest BCUT2D eigenvalue weighted by atomic mass is 10.3. The number of nitrogens with one attached hydrogen (secondary N) is 2. The number of benzene rings is 1. The van der Waals surface area contributed by atoms with Gasteiger partial charge >= 0.3 is 6.03 Å². The van der Waals surface area contributed by atoms with Gasteiger partial charge in [0, 0.05) is 18.8 Å². The molecule has 0 spiro atoms. The van der Waals surface area contributed by atoms with Gasteiger partial charge in [-0.3, -0.25) is 4.79 Å². The van der Waals surface area contributed by atoms with Crippen LogP contribution in [0.4, 0.5) is 10.5 Å². The SMILES string of the molecule is C[C@H](NC(=O)Nc1ccccc1)C(=O)N1CCCC1. The molecule has 1 fully saturated rings. The van der Waals surface area contributed by atoms with Crippen LogP contribution < -0.4 is 10.6 Å². The molecule has 0 aromatic heterocycles. The highest BCUT2D eigenvalue weighted by Gasteiger charge is 2.24. The van der Waals surface area contributed by atoms with Gasteiger partial charge in [-0.2, -0.15) is 0 Å². The molecular weight excluding hydrogens is 242 g/mol. The quantitative estimate of drug-likeness (QED) is 0.871. The van der Waals surface area contributed by atoms with Crippen molar-refractivity contribution in [3.05, 3.63) is 30.3 Å². The summed E-state index contributed by atoms with van der Waals surface area (Å²) < 4.78 is 0. The molecular formula is C14H19N3O2. The van der Waals surface area contributed by atoms with Crippen LogP contribution in [0.1, 0.15) is 19.8 Å². The van der Waals surface area contributed by atoms with Crippen LogP contribution in [0.25, 0.3) is 0 Å². The van der Waals surface area contributed by atoms with Crippen LogP contribution >= 0.6 is 0 Å². The van der Waals surface area contributed by atoms with Gasteiger partial charge < -0.3 is 15.5 Å². The lowest BCUT2D eigenvalue weighted by Crippen LogP contribution is -2.47. The summed E-state index contributed by atoms with van der Waals surface area (Å²) in [5.41, 5.74) is 0.709. The molecule has 1 aliphatic heterocycles. The maximum atomic E-state index is 12.0. The molecule has 102 valence electrons. The minimum absolute atomic E-state index is 0.0132. The van der Waals surface area contributed by atoms with Gasteiger partial charge in [0.25, 0.3) is 0 Å². The molecule has 0 aliphatic carbocycles. The van der Waals surface area contributed by atoms with Crippen molar-refractivity contribution in [2.24, 2.45) is 0 Å². The van der Waals surface area contributed by atoms with E-state index < -0.39 is 6.04 Å². The Morgan fingerprint density at radius 2 is 1.79 bits per heavy atom. The van der Waals surface area contributed by atoms with E-state index in [0.29, 0.717) is 5.69 Å². The number of carbonyl (C=O) groups excluding carboxylic acids is 2. The molecule has 1 heterocycles. The first-order valence-electron chi connectivity index (χ1n) is 6.58. The number of para-hydroxylation sites is 1. The lowest BCUT2D eigenvalue weighted by Gasteiger charge is -2.21. The Labute approximate surface area is 113 Å². The lowest BCUT2D eigenvalue weighted by molar-refractivity contribution is -0.131. The highest BCUT2D eigenvalue weighted by molar-refractivity contribution is 5.93. The third kappa shape index (κ3) is 3.71. The van der Waals surface area contributed by atoms with E-state index in [4.69, 9.17) is 0 Å². The summed E-state index contributed by atoms with van der Waals surface area (Å²) in [4.78, 5) is 25.6. The third-order valence-electron chi connectivity index (χ3n) is 3.17. The molecule has 0 saturated carbocycles. The Balaban J connectivity index is 1.83. The second kappa shape index (κ2) is 6.22. The Kier molecular flexibility index (Phi) is 4.39. The van der Waals surface area contributed by atoms with Gasteiger partial charge in [0.1, 0.15) is 6.04 Å². The van der Waals surface area contributed by atoms with Crippen LogP contribution in [0.2, 0.25) is 0 Å². The van der Waals surface area contributed by atoms with Gasteiger partial charge in [-0.15, -0.1) is 0 Å². The van der Waals surface area contributed by atoms with E-state index in [2.05, 4.69) is 10.6 Å². The number of amides is 3. The molecule has 3 amide bonds. The summed E-state index contributed by atoms with van der Waals surface area (Å²) in [7, 11) is 0. The first kappa shape index (κ1) is 13.4. The van der Waals surface area contributed by atoms with Crippen LogP contribution in [0, 0.1) is 0 Å². The van der Waals surface area contributed by atoms with Crippen molar-refractivity contribution in [1.82, 2.24) is 10.2 Å². The van der Waals surface area contributed by atoms with Crippen molar-refractivity contribution in [1.29, 1.82) is 0 Å². The maximum absolute atomic E-state index is 12.0. The number of anilines is 1. The molecule has 1 aromatic carbocycles. The van der Waals surface area contributed by atoms with Crippen molar-refractivity contribution >= 4 is 17.6 Å². The molecule has 1 atom stereocenters. The number of carbonyl (C=O) groups is 2. The van der Waals surface area contributed by atoms with Crippen molar-refractivity contribution in [3.63, 3.8) is 0 Å². The summed E-state index contributed by atoms with van der Waals surface area (Å²) in [6.45, 7) is 3.31. The molecule has 1 saturated heterocycles. The smallest absolute Gasteiger partial charge is 0.319 e. The first-order chi connectivity index (χ1) is 9.16. The number of hydrogen-bond acceptors (Lipinski definition) is 2. The molecule has 0 bridgehead atoms. The van der Waals surface area contributed by atoms with Gasteiger partial charge in [0.2, 0.25) is 5.91 Å². The zero-order valence-electron chi connectivity index (χ0n) is 11.1. The summed E-state index contributed by atoms with van der Waals surface area (Å²) in [6, 6.07) is 8.30. The average Bonchev–Trinajstić information content (AvgIpc) is 2.92. The van der Waals surface area contributed by atoms with E-state index in [1.165, 1.54) is 0 Å². The monoisotopic (exact) mass is 261 g/mol. The molecule has 2 rings (SSSR count). The largest absolute Gasteiger partial charge is 0.341 e. The fourth-order valence-corrected chi connectivity index (χ4v) is 2.16. The van der Waals surface area contributed by atoms with Gasteiger partial charge in [-0.25, -0.2) is 4.79 Å². The first-order valence-corrected chi connectivity index (χ1v) is 6.58. The zero-order chi connectivity index (χ0) is 13.7. The molecule has 5 heteroatoms. The van der Waals surface area contributed by atoms with Gasteiger partial charge in [-0.1, -0.05) is 18.2 Å². The van der Waals surface area contributed by atoms with Crippen molar-refractivity contribution in [3.8, 4) is 0 Å². The van der Waals surface area contributed by atoms with E-state index in [1.807, 2.05) is 18.2 Å². The summed E-state index contributed by atoms with van der Waals surface area (Å²) in [5.74, 6) is -0.0132. The van der Waals surface area contributed by atoms with Crippen molar-refractivity contribution in [2.45, 2.75) is 25.8 Å². The van der Waals surface area contributed by atoms with Crippen LogP contribution in [0.3, 0.4) is 0 Å². The number of likely N-dealkylation sites (tertiary alicyclic amines) is 1. The summed E-state index contributed by atoms with van der Waals surface area (Å²) in [6.07, 6.45) is 2.10. The van der Waals surface area contributed by atoms with E-state index in [0.717, 1.165) is 25.9 Å². The predicted octanol–water partition coefficient (Wildman–Crippen LogP) is 1.82. The van der Waals surface area contributed by atoms with E-state index in [9.17, 15) is 9.59 Å². The normalized spacial score (nSPS) is 15.9. The number of urea groups is 1. The topological polar surface area (TPSA) is 61.4 Å². The Morgan fingerprint density at radius 1 is 1.16 bits per heavy atom. The predicted molar refractivity (Wildman–Crippen MR) is 73.9 cm³/mol. The Hall–Kier alpha value is -2.04. The Morgan fingerprint density at radius 3 is 2.42 bits per heavy atom. The fraction of sp³-hybridized carbons (Fsp3) is 0.429. The van der Waals surface area contributed by atoms with Crippen molar-refractivity contribution in [2.75, 3.05) is 18.4 Å². The van der Waals surface area contributed by atoms with Crippen molar-refractivity contribution < 1.29 is 9.59 Å². The van der Waals surface area contributed by atoms with E-state index in [1.54, 1.807) is 24.0 Å². The molecule has 2 N–H and O–H groups in total. The van der Waals surface area contributed by atoms with E-state index in [-0.39, 0.29) is 11.9 Å². The molecule has 1 aromatic rings. The Bertz CT molecular complexity index is 441. The highest BCUT2D eigenvalue weighted by Crippen LogP contribution is 2.09. The highest BCUT2D eigenvalue weighted by atomic mass is 16.2. The second-order valence-corrected chi connectivity index (χ2v) is 4.72. The number of hydrogen-bond donors (Lipinski definition) is 2. The molecule has 1 aliphatic rings. The van der Waals surface area contributed by atoms with E-state index >= 15 is 0 Å². The van der Waals surface area contributed by atoms with Gasteiger partial charge in [-0.05, 0) is 31.9 Å². The van der Waals surface area contributed by atoms with Gasteiger partial charge in [0.05, 0.1) is 0 Å². The van der Waals surface area contributed by atoms with Gasteiger partial charge in [0.15, 0.2) is 0 Å². The summed E-state index contributed by atoms with van der Waals surface area (Å²) >= 11 is 0. The zero-order valence-corrected chi connectivity index (χ0v) is 11.1. The molecule has 5 nitrogen and oxygen atoms in total. The standard InChI is InChI=1S/C14H19N3O2/c1-11(13(18)17-9-5-6-10-17)15-14(19)16-12-7-3-2-4-8-12/h2-4,7-8,11H,5-6,9-10H2,1H3,(H2,15,16,19)/t11-/m0/s1. The molecule has 19 heavy (non-hydrogen) atoms. The van der Waals surface area contributed by atoms with Crippen LogP contribution in [-0.4, -0.2) is 36.0 Å². The summed E-state index contributed by atoms with van der Waals surface area (Å²) in [5, 5.41) is 5.36. The molecule has 0 unspecified atom stereocenters.